The molecule has 0 unspecified atom stereocenters. The predicted molar refractivity (Wildman–Crippen MR) is 75.9 cm³/mol. The molecule has 0 aromatic heterocycles. The number of hydrogen-bond donors (Lipinski definition) is 1. The first-order chi connectivity index (χ1) is 8.12. The topological polar surface area (TPSA) is 63.4 Å². The molecule has 1 rings (SSSR count). The SMILES string of the molecule is CN(C1CCC(N)CC1)S(=O)(=O)CCC(C)(C)C. The fourth-order valence-electron chi connectivity index (χ4n) is 2.27. The van der Waals surface area contributed by atoms with Gasteiger partial charge in [-0.2, -0.15) is 0 Å². The summed E-state index contributed by atoms with van der Waals surface area (Å²) in [6.07, 6.45) is 4.36. The monoisotopic (exact) mass is 276 g/mol. The van der Waals surface area contributed by atoms with Gasteiger partial charge in [0.25, 0.3) is 0 Å². The van der Waals surface area contributed by atoms with Crippen molar-refractivity contribution in [2.75, 3.05) is 12.8 Å². The van der Waals surface area contributed by atoms with Crippen molar-refractivity contribution in [1.82, 2.24) is 4.31 Å². The predicted octanol–water partition coefficient (Wildman–Crippen LogP) is 1.95. The lowest BCUT2D eigenvalue weighted by Gasteiger charge is -2.33. The van der Waals surface area contributed by atoms with Gasteiger partial charge in [0.15, 0.2) is 0 Å². The van der Waals surface area contributed by atoms with Crippen molar-refractivity contribution < 1.29 is 8.42 Å². The van der Waals surface area contributed by atoms with Crippen LogP contribution in [0.5, 0.6) is 0 Å². The smallest absolute Gasteiger partial charge is 0.214 e. The molecule has 0 spiro atoms. The minimum atomic E-state index is -3.12. The zero-order valence-electron chi connectivity index (χ0n) is 12.1. The first-order valence-electron chi connectivity index (χ1n) is 6.83. The van der Waals surface area contributed by atoms with Crippen molar-refractivity contribution in [1.29, 1.82) is 0 Å². The molecule has 18 heavy (non-hydrogen) atoms. The van der Waals surface area contributed by atoms with Crippen molar-refractivity contribution in [2.45, 2.75) is 65.0 Å². The average Bonchev–Trinajstić information content (AvgIpc) is 2.26. The lowest BCUT2D eigenvalue weighted by Crippen LogP contribution is -2.43. The molecular weight excluding hydrogens is 248 g/mol. The van der Waals surface area contributed by atoms with Gasteiger partial charge in [0.1, 0.15) is 0 Å². The Morgan fingerprint density at radius 2 is 1.67 bits per heavy atom. The molecular formula is C13H28N2O2S. The maximum absolute atomic E-state index is 12.3. The number of rotatable bonds is 4. The molecule has 0 aromatic carbocycles. The summed E-state index contributed by atoms with van der Waals surface area (Å²) in [7, 11) is -1.40. The Morgan fingerprint density at radius 1 is 1.17 bits per heavy atom. The highest BCUT2D eigenvalue weighted by atomic mass is 32.2. The third-order valence-electron chi connectivity index (χ3n) is 3.80. The second-order valence-corrected chi connectivity index (χ2v) is 8.86. The lowest BCUT2D eigenvalue weighted by molar-refractivity contribution is 0.267. The number of nitrogens with two attached hydrogens (primary N) is 1. The zero-order valence-corrected chi connectivity index (χ0v) is 13.0. The number of hydrogen-bond acceptors (Lipinski definition) is 3. The molecule has 0 amide bonds. The third-order valence-corrected chi connectivity index (χ3v) is 5.70. The van der Waals surface area contributed by atoms with Gasteiger partial charge in [0.2, 0.25) is 10.0 Å². The Morgan fingerprint density at radius 3 is 2.11 bits per heavy atom. The standard InChI is InChI=1S/C13H28N2O2S/c1-13(2,3)9-10-18(16,17)15(4)12-7-5-11(14)6-8-12/h11-12H,5-10,14H2,1-4H3. The fourth-order valence-corrected chi connectivity index (χ4v) is 4.09. The maximum Gasteiger partial charge on any atom is 0.214 e. The summed E-state index contributed by atoms with van der Waals surface area (Å²) < 4.78 is 26.1. The molecule has 1 saturated carbocycles. The van der Waals surface area contributed by atoms with E-state index in [1.165, 1.54) is 0 Å². The van der Waals surface area contributed by atoms with Crippen LogP contribution in [0.15, 0.2) is 0 Å². The zero-order chi connectivity index (χ0) is 14.0. The average molecular weight is 276 g/mol. The van der Waals surface area contributed by atoms with Crippen LogP contribution in [0.2, 0.25) is 0 Å². The summed E-state index contributed by atoms with van der Waals surface area (Å²) in [5, 5.41) is 0. The van der Waals surface area contributed by atoms with E-state index < -0.39 is 10.0 Å². The summed E-state index contributed by atoms with van der Waals surface area (Å²) in [6.45, 7) is 6.21. The van der Waals surface area contributed by atoms with E-state index in [1.807, 2.05) is 0 Å². The van der Waals surface area contributed by atoms with Crippen molar-refractivity contribution >= 4 is 10.0 Å². The van der Waals surface area contributed by atoms with E-state index in [-0.39, 0.29) is 23.3 Å². The molecule has 2 N–H and O–H groups in total. The molecule has 0 atom stereocenters. The van der Waals surface area contributed by atoms with Crippen LogP contribution in [-0.2, 0) is 10.0 Å². The van der Waals surface area contributed by atoms with Crippen LogP contribution < -0.4 is 5.73 Å². The van der Waals surface area contributed by atoms with Gasteiger partial charge in [-0.1, -0.05) is 20.8 Å². The molecule has 4 nitrogen and oxygen atoms in total. The van der Waals surface area contributed by atoms with Crippen molar-refractivity contribution in [3.05, 3.63) is 0 Å². The van der Waals surface area contributed by atoms with E-state index in [2.05, 4.69) is 20.8 Å². The minimum absolute atomic E-state index is 0.0584. The Kier molecular flexibility index (Phi) is 5.21. The Hall–Kier alpha value is -0.130. The van der Waals surface area contributed by atoms with Crippen LogP contribution in [0.1, 0.15) is 52.9 Å². The van der Waals surface area contributed by atoms with E-state index in [0.29, 0.717) is 6.42 Å². The largest absolute Gasteiger partial charge is 0.328 e. The number of nitrogens with zero attached hydrogens (tertiary/aromatic N) is 1. The van der Waals surface area contributed by atoms with E-state index in [9.17, 15) is 8.42 Å². The van der Waals surface area contributed by atoms with Crippen LogP contribution >= 0.6 is 0 Å². The van der Waals surface area contributed by atoms with E-state index >= 15 is 0 Å². The van der Waals surface area contributed by atoms with Gasteiger partial charge >= 0.3 is 0 Å². The lowest BCUT2D eigenvalue weighted by atomic mass is 9.92. The summed E-state index contributed by atoms with van der Waals surface area (Å²) >= 11 is 0. The maximum atomic E-state index is 12.3. The van der Waals surface area contributed by atoms with Gasteiger partial charge in [0, 0.05) is 19.1 Å². The molecule has 0 saturated heterocycles. The van der Waals surface area contributed by atoms with E-state index in [1.54, 1.807) is 11.4 Å². The minimum Gasteiger partial charge on any atom is -0.328 e. The Labute approximate surface area is 112 Å². The van der Waals surface area contributed by atoms with Gasteiger partial charge in [-0.25, -0.2) is 12.7 Å². The van der Waals surface area contributed by atoms with Gasteiger partial charge in [0.05, 0.1) is 5.75 Å². The first-order valence-corrected chi connectivity index (χ1v) is 8.44. The van der Waals surface area contributed by atoms with Crippen LogP contribution in [0.25, 0.3) is 0 Å². The molecule has 1 fully saturated rings. The Balaban J connectivity index is 2.56. The molecule has 0 radical (unpaired) electrons. The highest BCUT2D eigenvalue weighted by molar-refractivity contribution is 7.89. The Bertz CT molecular complexity index is 352. The quantitative estimate of drug-likeness (QED) is 0.853. The summed E-state index contributed by atoms with van der Waals surface area (Å²) in [4.78, 5) is 0. The molecule has 0 aliphatic heterocycles. The molecule has 1 aliphatic carbocycles. The second-order valence-electron chi connectivity index (χ2n) is 6.71. The highest BCUT2D eigenvalue weighted by Gasteiger charge is 2.30. The normalized spacial score (nSPS) is 26.6. The first kappa shape index (κ1) is 15.9. The molecule has 0 aromatic rings. The van der Waals surface area contributed by atoms with Gasteiger partial charge in [-0.05, 0) is 37.5 Å². The van der Waals surface area contributed by atoms with Gasteiger partial charge in [-0.3, -0.25) is 0 Å². The molecule has 1 aliphatic rings. The van der Waals surface area contributed by atoms with Crippen LogP contribution in [-0.4, -0.2) is 37.6 Å². The molecule has 0 bridgehead atoms. The molecule has 5 heteroatoms. The molecule has 108 valence electrons. The molecule has 0 heterocycles. The van der Waals surface area contributed by atoms with Crippen LogP contribution in [0, 0.1) is 5.41 Å². The second kappa shape index (κ2) is 5.88. The van der Waals surface area contributed by atoms with Crippen LogP contribution in [0.4, 0.5) is 0 Å². The summed E-state index contributed by atoms with van der Waals surface area (Å²) in [6, 6.07) is 0.404. The highest BCUT2D eigenvalue weighted by Crippen LogP contribution is 2.25. The third kappa shape index (κ3) is 4.86. The van der Waals surface area contributed by atoms with Gasteiger partial charge in [-0.15, -0.1) is 0 Å². The van der Waals surface area contributed by atoms with Crippen molar-refractivity contribution in [2.24, 2.45) is 11.1 Å². The summed E-state index contributed by atoms with van der Waals surface area (Å²) in [5.74, 6) is 0.246. The van der Waals surface area contributed by atoms with Crippen molar-refractivity contribution in [3.63, 3.8) is 0 Å². The number of sulfonamides is 1. The van der Waals surface area contributed by atoms with E-state index in [0.717, 1.165) is 25.7 Å². The van der Waals surface area contributed by atoms with E-state index in [4.69, 9.17) is 5.73 Å². The fraction of sp³-hybridized carbons (Fsp3) is 1.00. The van der Waals surface area contributed by atoms with Gasteiger partial charge < -0.3 is 5.73 Å². The van der Waals surface area contributed by atoms with Crippen LogP contribution in [0.3, 0.4) is 0 Å². The van der Waals surface area contributed by atoms with Crippen molar-refractivity contribution in [3.8, 4) is 0 Å². The summed E-state index contributed by atoms with van der Waals surface area (Å²) in [5.41, 5.74) is 5.91.